The number of fused-ring (bicyclic) bond motifs is 1. The lowest BCUT2D eigenvalue weighted by Crippen LogP contribution is -2.15. The predicted molar refractivity (Wildman–Crippen MR) is 93.0 cm³/mol. The SMILES string of the molecule is CN(C)c1ccc(Cn2nc(C(F)(F)F)c3c2CCCC3CC#N)cc1. The van der Waals surface area contributed by atoms with Crippen LogP contribution in [0.4, 0.5) is 18.9 Å². The molecule has 0 N–H and O–H groups in total. The van der Waals surface area contributed by atoms with Crippen LogP contribution in [0.3, 0.4) is 0 Å². The average Bonchev–Trinajstić information content (AvgIpc) is 2.96. The number of nitriles is 1. The van der Waals surface area contributed by atoms with Gasteiger partial charge in [0, 0.05) is 43.4 Å². The van der Waals surface area contributed by atoms with Gasteiger partial charge in [0.2, 0.25) is 0 Å². The van der Waals surface area contributed by atoms with Crippen LogP contribution in [0.2, 0.25) is 0 Å². The molecule has 4 nitrogen and oxygen atoms in total. The van der Waals surface area contributed by atoms with E-state index in [9.17, 15) is 13.2 Å². The lowest BCUT2D eigenvalue weighted by atomic mass is 9.83. The van der Waals surface area contributed by atoms with Crippen molar-refractivity contribution in [1.82, 2.24) is 9.78 Å². The Kier molecular flexibility index (Phi) is 4.94. The highest BCUT2D eigenvalue weighted by molar-refractivity contribution is 5.46. The molecule has 1 aromatic heterocycles. The molecule has 0 bridgehead atoms. The summed E-state index contributed by atoms with van der Waals surface area (Å²) in [6.45, 7) is 0.297. The maximum atomic E-state index is 13.5. The molecular formula is C19H21F3N4. The maximum absolute atomic E-state index is 13.5. The molecular weight excluding hydrogens is 341 g/mol. The fraction of sp³-hybridized carbons (Fsp3) is 0.474. The minimum atomic E-state index is -4.50. The fourth-order valence-electron chi connectivity index (χ4n) is 3.59. The summed E-state index contributed by atoms with van der Waals surface area (Å²) < 4.78 is 42.0. The van der Waals surface area contributed by atoms with Gasteiger partial charge < -0.3 is 4.90 Å². The third-order valence-electron chi connectivity index (χ3n) is 4.86. The monoisotopic (exact) mass is 362 g/mol. The van der Waals surface area contributed by atoms with Crippen LogP contribution in [0.25, 0.3) is 0 Å². The second kappa shape index (κ2) is 7.02. The van der Waals surface area contributed by atoms with Crippen molar-refractivity contribution in [1.29, 1.82) is 5.26 Å². The summed E-state index contributed by atoms with van der Waals surface area (Å²) >= 11 is 0. The first kappa shape index (κ1) is 18.3. The van der Waals surface area contributed by atoms with Crippen LogP contribution in [-0.2, 0) is 19.1 Å². The molecule has 2 aromatic rings. The molecule has 0 radical (unpaired) electrons. The van der Waals surface area contributed by atoms with E-state index in [1.165, 1.54) is 4.68 Å². The summed E-state index contributed by atoms with van der Waals surface area (Å²) in [7, 11) is 3.87. The van der Waals surface area contributed by atoms with Crippen molar-refractivity contribution in [3.8, 4) is 6.07 Å². The van der Waals surface area contributed by atoms with Crippen molar-refractivity contribution in [2.24, 2.45) is 0 Å². The van der Waals surface area contributed by atoms with Gasteiger partial charge in [0.1, 0.15) is 0 Å². The van der Waals surface area contributed by atoms with Crippen LogP contribution in [0.1, 0.15) is 47.7 Å². The van der Waals surface area contributed by atoms with E-state index in [2.05, 4.69) is 5.10 Å². The van der Waals surface area contributed by atoms with Crippen molar-refractivity contribution in [3.05, 3.63) is 46.8 Å². The van der Waals surface area contributed by atoms with Crippen LogP contribution in [0.15, 0.2) is 24.3 Å². The maximum Gasteiger partial charge on any atom is 0.435 e. The van der Waals surface area contributed by atoms with Crippen LogP contribution < -0.4 is 4.90 Å². The first-order valence-electron chi connectivity index (χ1n) is 8.61. The van der Waals surface area contributed by atoms with Gasteiger partial charge in [0.25, 0.3) is 0 Å². The summed E-state index contributed by atoms with van der Waals surface area (Å²) in [4.78, 5) is 1.97. The molecule has 3 rings (SSSR count). The molecule has 0 saturated carbocycles. The lowest BCUT2D eigenvalue weighted by molar-refractivity contribution is -0.142. The Bertz CT molecular complexity index is 813. The van der Waals surface area contributed by atoms with Crippen LogP contribution >= 0.6 is 0 Å². The van der Waals surface area contributed by atoms with Crippen molar-refractivity contribution < 1.29 is 13.2 Å². The molecule has 1 atom stereocenters. The summed E-state index contributed by atoms with van der Waals surface area (Å²) in [6.07, 6.45) is -2.46. The normalized spacial score (nSPS) is 16.8. The Hall–Kier alpha value is -2.49. The van der Waals surface area contributed by atoms with Crippen LogP contribution in [0.5, 0.6) is 0 Å². The molecule has 0 fully saturated rings. The Balaban J connectivity index is 1.99. The number of nitrogens with zero attached hydrogens (tertiary/aromatic N) is 4. The third kappa shape index (κ3) is 3.55. The van der Waals surface area contributed by atoms with E-state index in [1.807, 2.05) is 49.3 Å². The first-order chi connectivity index (χ1) is 12.3. The molecule has 1 heterocycles. The lowest BCUT2D eigenvalue weighted by Gasteiger charge is -2.22. The van der Waals surface area contributed by atoms with E-state index in [0.717, 1.165) is 17.7 Å². The zero-order chi connectivity index (χ0) is 18.9. The molecule has 0 spiro atoms. The minimum absolute atomic E-state index is 0.0965. The molecule has 7 heteroatoms. The summed E-state index contributed by atoms with van der Waals surface area (Å²) in [6, 6.07) is 9.72. The minimum Gasteiger partial charge on any atom is -0.378 e. The van der Waals surface area contributed by atoms with E-state index < -0.39 is 11.9 Å². The molecule has 138 valence electrons. The number of rotatable bonds is 4. The molecule has 1 aromatic carbocycles. The van der Waals surface area contributed by atoms with E-state index >= 15 is 0 Å². The molecule has 1 aliphatic rings. The number of benzene rings is 1. The van der Waals surface area contributed by atoms with Gasteiger partial charge in [0.05, 0.1) is 12.6 Å². The molecule has 1 aliphatic carbocycles. The van der Waals surface area contributed by atoms with Crippen molar-refractivity contribution in [3.63, 3.8) is 0 Å². The number of aromatic nitrogens is 2. The Morgan fingerprint density at radius 2 is 1.96 bits per heavy atom. The van der Waals surface area contributed by atoms with Gasteiger partial charge in [0.15, 0.2) is 5.69 Å². The fourth-order valence-corrected chi connectivity index (χ4v) is 3.59. The Morgan fingerprint density at radius 3 is 2.54 bits per heavy atom. The van der Waals surface area contributed by atoms with Gasteiger partial charge >= 0.3 is 6.18 Å². The highest BCUT2D eigenvalue weighted by Gasteiger charge is 2.42. The van der Waals surface area contributed by atoms with E-state index in [1.54, 1.807) is 0 Å². The van der Waals surface area contributed by atoms with E-state index in [0.29, 0.717) is 25.1 Å². The highest BCUT2D eigenvalue weighted by atomic mass is 19.4. The summed E-state index contributed by atoms with van der Waals surface area (Å²) in [5.41, 5.74) is 1.96. The van der Waals surface area contributed by atoms with Gasteiger partial charge in [-0.05, 0) is 37.0 Å². The largest absolute Gasteiger partial charge is 0.435 e. The zero-order valence-electron chi connectivity index (χ0n) is 14.8. The number of anilines is 1. The number of halogens is 3. The predicted octanol–water partition coefficient (Wildman–Crippen LogP) is 4.35. The molecule has 0 saturated heterocycles. The number of hydrogen-bond acceptors (Lipinski definition) is 3. The topological polar surface area (TPSA) is 44.9 Å². The van der Waals surface area contributed by atoms with Crippen molar-refractivity contribution >= 4 is 5.69 Å². The molecule has 1 unspecified atom stereocenters. The highest BCUT2D eigenvalue weighted by Crippen LogP contribution is 2.42. The quantitative estimate of drug-likeness (QED) is 0.812. The van der Waals surface area contributed by atoms with Crippen LogP contribution in [0, 0.1) is 11.3 Å². The van der Waals surface area contributed by atoms with Gasteiger partial charge in [-0.3, -0.25) is 4.68 Å². The molecule has 26 heavy (non-hydrogen) atoms. The van der Waals surface area contributed by atoms with E-state index in [4.69, 9.17) is 5.26 Å². The number of hydrogen-bond donors (Lipinski definition) is 0. The summed E-state index contributed by atoms with van der Waals surface area (Å²) in [5, 5.41) is 12.9. The van der Waals surface area contributed by atoms with Crippen molar-refractivity contribution in [2.75, 3.05) is 19.0 Å². The smallest absolute Gasteiger partial charge is 0.378 e. The molecule has 0 amide bonds. The summed E-state index contributed by atoms with van der Waals surface area (Å²) in [5.74, 6) is -0.384. The van der Waals surface area contributed by atoms with Gasteiger partial charge in [-0.1, -0.05) is 12.1 Å². The Labute approximate surface area is 150 Å². The Morgan fingerprint density at radius 1 is 1.27 bits per heavy atom. The zero-order valence-corrected chi connectivity index (χ0v) is 14.8. The van der Waals surface area contributed by atoms with E-state index in [-0.39, 0.29) is 17.9 Å². The second-order valence-electron chi connectivity index (χ2n) is 6.88. The third-order valence-corrected chi connectivity index (χ3v) is 4.86. The second-order valence-corrected chi connectivity index (χ2v) is 6.88. The number of alkyl halides is 3. The first-order valence-corrected chi connectivity index (χ1v) is 8.61. The van der Waals surface area contributed by atoms with Crippen LogP contribution in [-0.4, -0.2) is 23.9 Å². The van der Waals surface area contributed by atoms with Gasteiger partial charge in [-0.2, -0.15) is 23.5 Å². The molecule has 0 aliphatic heterocycles. The van der Waals surface area contributed by atoms with Crippen molar-refractivity contribution in [2.45, 2.75) is 44.3 Å². The average molecular weight is 362 g/mol. The van der Waals surface area contributed by atoms with Gasteiger partial charge in [-0.15, -0.1) is 0 Å². The standard InChI is InChI=1S/C19H21F3N4/c1-25(2)15-8-6-13(7-9-15)12-26-16-5-3-4-14(10-11-23)17(16)18(24-26)19(20,21)22/h6-9,14H,3-5,10,12H2,1-2H3. The van der Waals surface area contributed by atoms with Gasteiger partial charge in [-0.25, -0.2) is 0 Å².